The van der Waals surface area contributed by atoms with Crippen molar-refractivity contribution in [2.75, 3.05) is 11.9 Å². The van der Waals surface area contributed by atoms with Crippen LogP contribution in [0, 0.1) is 6.92 Å². The van der Waals surface area contributed by atoms with Gasteiger partial charge in [0.25, 0.3) is 11.8 Å². The van der Waals surface area contributed by atoms with E-state index in [1.54, 1.807) is 10.7 Å². The Balaban J connectivity index is 1.56. The quantitative estimate of drug-likeness (QED) is 0.637. The number of nitrogens with one attached hydrogen (secondary N) is 1. The summed E-state index contributed by atoms with van der Waals surface area (Å²) in [6, 6.07) is 12.1. The monoisotopic (exact) mass is 423 g/mol. The Bertz CT molecular complexity index is 1090. The molecule has 0 atom stereocenters. The molecule has 8 heteroatoms. The number of amides is 2. The van der Waals surface area contributed by atoms with E-state index in [1.165, 1.54) is 16.9 Å². The number of hydrogen-bond donors (Lipinski definition) is 2. The number of primary amides is 1. The fourth-order valence-corrected chi connectivity index (χ4v) is 5.18. The third-order valence-electron chi connectivity index (χ3n) is 5.37. The molecule has 156 valence electrons. The summed E-state index contributed by atoms with van der Waals surface area (Å²) >= 11 is 1.44. The van der Waals surface area contributed by atoms with Crippen LogP contribution in [0.4, 0.5) is 5.00 Å². The lowest BCUT2D eigenvalue weighted by atomic mass is 10.0. The molecule has 0 radical (unpaired) electrons. The maximum absolute atomic E-state index is 12.7. The zero-order valence-electron chi connectivity index (χ0n) is 17.1. The molecule has 1 aromatic carbocycles. The minimum absolute atomic E-state index is 0.326. The zero-order chi connectivity index (χ0) is 21.3. The number of aryl methyl sites for hydroxylation is 2. The first-order valence-corrected chi connectivity index (χ1v) is 10.8. The summed E-state index contributed by atoms with van der Waals surface area (Å²) in [6.07, 6.45) is 0.733. The van der Waals surface area contributed by atoms with E-state index in [-0.39, 0.29) is 5.91 Å². The van der Waals surface area contributed by atoms with Gasteiger partial charge in [0.1, 0.15) is 5.00 Å². The topological polar surface area (TPSA) is 93.2 Å². The highest BCUT2D eigenvalue weighted by Crippen LogP contribution is 2.37. The average molecular weight is 424 g/mol. The highest BCUT2D eigenvalue weighted by molar-refractivity contribution is 7.17. The van der Waals surface area contributed by atoms with Crippen LogP contribution in [0.1, 0.15) is 49.5 Å². The van der Waals surface area contributed by atoms with Crippen molar-refractivity contribution in [2.45, 2.75) is 39.9 Å². The molecule has 7 nitrogen and oxygen atoms in total. The number of rotatable bonds is 6. The number of carbonyl (C=O) groups is 2. The van der Waals surface area contributed by atoms with Gasteiger partial charge in [0, 0.05) is 36.8 Å². The van der Waals surface area contributed by atoms with Crippen molar-refractivity contribution in [2.24, 2.45) is 5.73 Å². The molecule has 1 aliphatic heterocycles. The van der Waals surface area contributed by atoms with E-state index < -0.39 is 5.91 Å². The van der Waals surface area contributed by atoms with Gasteiger partial charge in [-0.25, -0.2) is 0 Å². The van der Waals surface area contributed by atoms with Gasteiger partial charge < -0.3 is 11.1 Å². The summed E-state index contributed by atoms with van der Waals surface area (Å²) in [4.78, 5) is 28.4. The maximum Gasteiger partial charge on any atom is 0.276 e. The fraction of sp³-hybridized carbons (Fsp3) is 0.318. The molecule has 0 fully saturated rings. The maximum atomic E-state index is 12.7. The Labute approximate surface area is 179 Å². The van der Waals surface area contributed by atoms with Gasteiger partial charge in [-0.05, 0) is 37.5 Å². The number of anilines is 1. The average Bonchev–Trinajstić information content (AvgIpc) is 3.28. The predicted molar refractivity (Wildman–Crippen MR) is 118 cm³/mol. The van der Waals surface area contributed by atoms with Crippen molar-refractivity contribution in [1.82, 2.24) is 14.7 Å². The lowest BCUT2D eigenvalue weighted by molar-refractivity contribution is 0.0999. The second-order valence-corrected chi connectivity index (χ2v) is 8.56. The van der Waals surface area contributed by atoms with Crippen LogP contribution in [0.2, 0.25) is 0 Å². The van der Waals surface area contributed by atoms with E-state index in [0.29, 0.717) is 22.8 Å². The SMILES string of the molecule is CCn1nc(C(=O)Nc2sc3c(c2C(N)=O)CCN(Cc2ccccc2)C3)cc1C. The summed E-state index contributed by atoms with van der Waals surface area (Å²) in [7, 11) is 0. The second-order valence-electron chi connectivity index (χ2n) is 7.46. The molecule has 2 amide bonds. The first kappa shape index (κ1) is 20.3. The first-order chi connectivity index (χ1) is 14.5. The molecular weight excluding hydrogens is 398 g/mol. The van der Waals surface area contributed by atoms with Crippen LogP contribution in [0.25, 0.3) is 0 Å². The molecule has 0 bridgehead atoms. The molecule has 4 rings (SSSR count). The van der Waals surface area contributed by atoms with Gasteiger partial charge in [-0.1, -0.05) is 30.3 Å². The van der Waals surface area contributed by atoms with Crippen LogP contribution in [0.3, 0.4) is 0 Å². The Morgan fingerprint density at radius 3 is 2.70 bits per heavy atom. The van der Waals surface area contributed by atoms with Crippen LogP contribution in [0.5, 0.6) is 0 Å². The predicted octanol–water partition coefficient (Wildman–Crippen LogP) is 3.18. The minimum atomic E-state index is -0.505. The number of nitrogens with two attached hydrogens (primary N) is 1. The molecule has 1 aliphatic rings. The van der Waals surface area contributed by atoms with E-state index in [4.69, 9.17) is 5.73 Å². The molecule has 3 N–H and O–H groups in total. The van der Waals surface area contributed by atoms with E-state index in [9.17, 15) is 9.59 Å². The van der Waals surface area contributed by atoms with Crippen molar-refractivity contribution >= 4 is 28.2 Å². The van der Waals surface area contributed by atoms with Crippen molar-refractivity contribution in [3.8, 4) is 0 Å². The highest BCUT2D eigenvalue weighted by Gasteiger charge is 2.28. The number of thiophene rings is 1. The van der Waals surface area contributed by atoms with Crippen LogP contribution in [-0.4, -0.2) is 33.0 Å². The number of aromatic nitrogens is 2. The van der Waals surface area contributed by atoms with Crippen LogP contribution < -0.4 is 11.1 Å². The Morgan fingerprint density at radius 1 is 1.27 bits per heavy atom. The Morgan fingerprint density at radius 2 is 2.03 bits per heavy atom. The summed E-state index contributed by atoms with van der Waals surface area (Å²) < 4.78 is 1.77. The summed E-state index contributed by atoms with van der Waals surface area (Å²) in [5.74, 6) is -0.831. The number of benzene rings is 1. The molecular formula is C22H25N5O2S. The van der Waals surface area contributed by atoms with Gasteiger partial charge in [0.2, 0.25) is 0 Å². The van der Waals surface area contributed by atoms with E-state index in [1.807, 2.05) is 32.0 Å². The molecule has 0 saturated heterocycles. The Hall–Kier alpha value is -2.97. The lowest BCUT2D eigenvalue weighted by Crippen LogP contribution is -2.30. The smallest absolute Gasteiger partial charge is 0.276 e. The van der Waals surface area contributed by atoms with Crippen molar-refractivity contribution in [3.05, 3.63) is 69.4 Å². The Kier molecular flexibility index (Phi) is 5.69. The van der Waals surface area contributed by atoms with Crippen molar-refractivity contribution in [3.63, 3.8) is 0 Å². The zero-order valence-corrected chi connectivity index (χ0v) is 18.0. The standard InChI is InChI=1S/C22H25N5O2S/c1-3-27-14(2)11-17(25-27)21(29)24-22-19(20(23)28)16-9-10-26(13-18(16)30-22)12-15-7-5-4-6-8-15/h4-8,11H,3,9-10,12-13H2,1-2H3,(H2,23,28)(H,24,29). The molecule has 0 saturated carbocycles. The van der Waals surface area contributed by atoms with Crippen molar-refractivity contribution in [1.29, 1.82) is 0 Å². The summed E-state index contributed by atoms with van der Waals surface area (Å²) in [5, 5.41) is 7.72. The number of nitrogens with zero attached hydrogens (tertiary/aromatic N) is 3. The molecule has 0 aliphatic carbocycles. The van der Waals surface area contributed by atoms with Gasteiger partial charge in [-0.2, -0.15) is 5.10 Å². The van der Waals surface area contributed by atoms with Crippen LogP contribution >= 0.6 is 11.3 Å². The molecule has 0 spiro atoms. The fourth-order valence-electron chi connectivity index (χ4n) is 3.89. The van der Waals surface area contributed by atoms with Gasteiger partial charge in [-0.15, -0.1) is 11.3 Å². The third-order valence-corrected chi connectivity index (χ3v) is 6.50. The van der Waals surface area contributed by atoms with E-state index >= 15 is 0 Å². The minimum Gasteiger partial charge on any atom is -0.365 e. The van der Waals surface area contributed by atoms with Crippen LogP contribution in [-0.2, 0) is 26.1 Å². The van der Waals surface area contributed by atoms with Gasteiger partial charge in [0.05, 0.1) is 5.56 Å². The number of hydrogen-bond acceptors (Lipinski definition) is 5. The third kappa shape index (κ3) is 4.01. The number of carbonyl (C=O) groups excluding carboxylic acids is 2. The molecule has 3 aromatic rings. The molecule has 0 unspecified atom stereocenters. The van der Waals surface area contributed by atoms with E-state index in [2.05, 4.69) is 27.4 Å². The lowest BCUT2D eigenvalue weighted by Gasteiger charge is -2.27. The molecule has 2 aromatic heterocycles. The normalized spacial score (nSPS) is 13.8. The second kappa shape index (κ2) is 8.41. The van der Waals surface area contributed by atoms with Crippen LogP contribution in [0.15, 0.2) is 36.4 Å². The molecule has 30 heavy (non-hydrogen) atoms. The van der Waals surface area contributed by atoms with Gasteiger partial charge in [-0.3, -0.25) is 19.2 Å². The van der Waals surface area contributed by atoms with E-state index in [0.717, 1.165) is 42.2 Å². The summed E-state index contributed by atoms with van der Waals surface area (Å²) in [5.41, 5.74) is 9.59. The highest BCUT2D eigenvalue weighted by atomic mass is 32.1. The van der Waals surface area contributed by atoms with Gasteiger partial charge in [0.15, 0.2) is 5.69 Å². The molecule has 3 heterocycles. The van der Waals surface area contributed by atoms with Gasteiger partial charge >= 0.3 is 0 Å². The summed E-state index contributed by atoms with van der Waals surface area (Å²) in [6.45, 7) is 6.99. The first-order valence-electron chi connectivity index (χ1n) is 10.0. The largest absolute Gasteiger partial charge is 0.365 e. The van der Waals surface area contributed by atoms with Crippen molar-refractivity contribution < 1.29 is 9.59 Å². The number of fused-ring (bicyclic) bond motifs is 1.